The predicted octanol–water partition coefficient (Wildman–Crippen LogP) is 13.6. The first-order valence-corrected chi connectivity index (χ1v) is 42.7. The molecule has 3 saturated heterocycles. The van der Waals surface area contributed by atoms with Gasteiger partial charge in [-0.25, -0.2) is 24.5 Å². The number of benzene rings is 1. The lowest BCUT2D eigenvalue weighted by molar-refractivity contribution is -0.116. The number of ether oxygens (including phenoxy) is 4. The third-order valence-electron chi connectivity index (χ3n) is 19.1. The summed E-state index contributed by atoms with van der Waals surface area (Å²) in [5, 5.41) is 34.0. The van der Waals surface area contributed by atoms with Gasteiger partial charge in [-0.15, -0.1) is 55.8 Å². The maximum Gasteiger partial charge on any atom is 0.351 e. The minimum Gasteiger partial charge on any atom is -0.481 e. The van der Waals surface area contributed by atoms with Crippen molar-refractivity contribution in [1.29, 1.82) is 15.8 Å². The van der Waals surface area contributed by atoms with Gasteiger partial charge in [-0.2, -0.15) is 20.8 Å². The second-order valence-corrected chi connectivity index (χ2v) is 35.4. The topological polar surface area (TPSA) is 337 Å². The summed E-state index contributed by atoms with van der Waals surface area (Å²) in [6.45, 7) is 34.5. The van der Waals surface area contributed by atoms with Crippen molar-refractivity contribution in [2.24, 2.45) is 17.8 Å². The largest absolute Gasteiger partial charge is 0.481 e. The average molecular weight is 1620 g/mol. The standard InChI is InChI=1S/C33H40N7O4P.C27H38N5O4P.C23H35N4O4P/c1-8-11-24(18-34)19-43-45(40(22(4)5)23(6)7)28-17-29(44-27(28)10-3)39-21-37-30-31(35-20-36-32(30)39)38-33(41)25-12-14-26(15-13-25)42-16-9-2;1-8-11-13-25(33)29-24-14-15-31(27(34)30-24)26-16-23(22(10-3)36-26)37(32(19(4)5)20(6)7)35-18-21(17-28)12-9-2;1-8-10-18(12-24)14-30-32(27(15(3)4)16(5)6)20-11-21(31-19(20)9-2)26-13-17(7)22(28)25-23(26)29/h1-2,12-15,20-24,27-29H,10-11,16-17,19H2,3-7H3,(H,35,36,38,41);1-2,14-15,19-23,26H,10-13,16,18H2,3-7H3,(H,29,30,33,34);1,13,15-16,18-21H,9-11,14H2,2-7H3,(H,25,28,29)/t24?,27-,28-,29-,45?;21?,22-,23-,26-,37?;18?,19-,20-,21-,32?/m111/s1. The minimum absolute atomic E-state index is 0.00928. The molecular formula is C83H113N16O12P3. The summed E-state index contributed by atoms with van der Waals surface area (Å²) >= 11 is 0. The molecule has 5 aromatic rings. The molecule has 3 aliphatic heterocycles. The number of fused-ring (bicyclic) bond motifs is 1. The van der Waals surface area contributed by atoms with Crippen molar-refractivity contribution in [3.63, 3.8) is 0 Å². The van der Waals surface area contributed by atoms with Gasteiger partial charge < -0.3 is 43.2 Å². The molecule has 6 unspecified atom stereocenters. The SMILES string of the molecule is C#CCC(C#N)COP([C@@H]1C[C@H](n2cc(C)c(=O)[nH]c2=O)O[C@@H]1CC)N(C(C)C)C(C)C.C#CCCC(=O)Nc1ccn([C@H]2C[C@@H](P(OCC(C#N)CC#C)N(C(C)C)C(C)C)[C@@H](CC)O2)c(=O)n1.C#CCOc1ccc(C(=O)Nc2ncnc3c2ncn3[C@H]2C[C@@H](P(OCC(C#N)CC#C)N(C(C)C)C(C)C)[C@@H](CC)O2)cc1. The lowest BCUT2D eigenvalue weighted by Gasteiger charge is -2.41. The number of hydrogen-bond donors (Lipinski definition) is 3. The summed E-state index contributed by atoms with van der Waals surface area (Å²) < 4.78 is 56.2. The molecule has 8 rings (SSSR count). The number of aryl methyl sites for hydroxylation is 1. The molecule has 15 atom stereocenters. The molecule has 28 nitrogen and oxygen atoms in total. The first-order valence-electron chi connectivity index (χ1n) is 38.9. The van der Waals surface area contributed by atoms with Crippen LogP contribution in [0.5, 0.6) is 5.75 Å². The summed E-state index contributed by atoms with van der Waals surface area (Å²) in [5.41, 5.74) is 0.623. The normalized spacial score (nSPS) is 20.8. The van der Waals surface area contributed by atoms with Gasteiger partial charge in [0.2, 0.25) is 5.91 Å². The first-order chi connectivity index (χ1) is 54.5. The monoisotopic (exact) mass is 1620 g/mol. The Morgan fingerprint density at radius 3 is 1.43 bits per heavy atom. The van der Waals surface area contributed by atoms with E-state index in [0.29, 0.717) is 78.8 Å². The molecular weight excluding hydrogens is 1510 g/mol. The molecule has 3 aliphatic rings. The van der Waals surface area contributed by atoms with E-state index in [2.05, 4.69) is 201 Å². The molecule has 3 fully saturated rings. The number of terminal acetylenes is 5. The zero-order chi connectivity index (χ0) is 84.0. The number of anilines is 2. The highest BCUT2D eigenvalue weighted by Crippen LogP contribution is 2.60. The second kappa shape index (κ2) is 46.7. The van der Waals surface area contributed by atoms with Gasteiger partial charge in [-0.3, -0.25) is 47.1 Å². The van der Waals surface area contributed by atoms with Gasteiger partial charge in [-0.05, 0) is 140 Å². The number of rotatable bonds is 37. The highest BCUT2D eigenvalue weighted by molar-refractivity contribution is 7.51. The van der Waals surface area contributed by atoms with E-state index < -0.39 is 48.7 Å². The summed E-state index contributed by atoms with van der Waals surface area (Å²) in [5.74, 6) is 11.8. The van der Waals surface area contributed by atoms with Crippen molar-refractivity contribution in [3.05, 3.63) is 97.8 Å². The van der Waals surface area contributed by atoms with Crippen molar-refractivity contribution in [1.82, 2.24) is 52.6 Å². The number of imidazole rings is 1. The van der Waals surface area contributed by atoms with Crippen LogP contribution in [0.4, 0.5) is 11.6 Å². The number of amides is 2. The molecule has 0 saturated carbocycles. The fraction of sp³-hybridized carbons (Fsp3) is 0.590. The zero-order valence-corrected chi connectivity index (χ0v) is 71.3. The number of carbonyl (C=O) groups excluding carboxylic acids is 2. The van der Waals surface area contributed by atoms with E-state index >= 15 is 0 Å². The number of nitrogens with one attached hydrogen (secondary N) is 3. The molecule has 3 N–H and O–H groups in total. The molecule has 2 amide bonds. The zero-order valence-electron chi connectivity index (χ0n) is 68.6. The average Bonchev–Trinajstić information content (AvgIpc) is 1.63. The van der Waals surface area contributed by atoms with Crippen molar-refractivity contribution >= 4 is 59.5 Å². The fourth-order valence-corrected chi connectivity index (χ4v) is 22.5. The van der Waals surface area contributed by atoms with Gasteiger partial charge in [0, 0.05) is 128 Å². The van der Waals surface area contributed by atoms with E-state index in [-0.39, 0.29) is 152 Å². The molecule has 0 bridgehead atoms. The number of nitrogens with zero attached hydrogens (tertiary/aromatic N) is 13. The summed E-state index contributed by atoms with van der Waals surface area (Å²) in [4.78, 5) is 81.9. The Kier molecular flexibility index (Phi) is 38.6. The van der Waals surface area contributed by atoms with Crippen molar-refractivity contribution < 1.29 is 42.1 Å². The van der Waals surface area contributed by atoms with Crippen molar-refractivity contribution in [3.8, 4) is 85.7 Å². The van der Waals surface area contributed by atoms with E-state index in [1.165, 1.54) is 15.5 Å². The third kappa shape index (κ3) is 25.6. The summed E-state index contributed by atoms with van der Waals surface area (Å²) in [7, 11) is -3.45. The van der Waals surface area contributed by atoms with Crippen LogP contribution in [0.2, 0.25) is 0 Å². The number of aromatic amines is 1. The van der Waals surface area contributed by atoms with E-state index in [1.807, 2.05) is 4.57 Å². The Labute approximate surface area is 676 Å². The minimum atomic E-state index is -1.17. The van der Waals surface area contributed by atoms with Crippen LogP contribution in [-0.4, -0.2) is 162 Å². The lowest BCUT2D eigenvalue weighted by Crippen LogP contribution is -2.38. The summed E-state index contributed by atoms with van der Waals surface area (Å²) in [6.07, 6.45) is 36.9. The van der Waals surface area contributed by atoms with Crippen LogP contribution in [-0.2, 0) is 32.6 Å². The smallest absolute Gasteiger partial charge is 0.351 e. The molecule has 612 valence electrons. The lowest BCUT2D eigenvalue weighted by atomic mass is 10.1. The molecule has 114 heavy (non-hydrogen) atoms. The fourth-order valence-electron chi connectivity index (χ4n) is 14.0. The molecule has 7 heterocycles. The maximum atomic E-state index is 13.0. The Morgan fingerprint density at radius 2 is 1.04 bits per heavy atom. The number of carbonyl (C=O) groups is 2. The quantitative estimate of drug-likeness (QED) is 0.0246. The number of hydrogen-bond acceptors (Lipinski definition) is 22. The maximum absolute atomic E-state index is 13.0. The van der Waals surface area contributed by atoms with Gasteiger partial charge in [0.25, 0.3) is 11.5 Å². The van der Waals surface area contributed by atoms with E-state index in [0.717, 1.165) is 19.3 Å². The van der Waals surface area contributed by atoms with Crippen molar-refractivity contribution in [2.45, 2.75) is 272 Å². The predicted molar refractivity (Wildman–Crippen MR) is 446 cm³/mol. The summed E-state index contributed by atoms with van der Waals surface area (Å²) in [6, 6.07) is 16.3. The first kappa shape index (κ1) is 94.1. The van der Waals surface area contributed by atoms with Crippen LogP contribution in [0.15, 0.2) is 69.8 Å². The number of nitriles is 3. The van der Waals surface area contributed by atoms with Gasteiger partial charge in [0.15, 0.2) is 17.0 Å². The van der Waals surface area contributed by atoms with Crippen LogP contribution >= 0.6 is 24.9 Å². The van der Waals surface area contributed by atoms with Gasteiger partial charge in [0.1, 0.15) is 68.1 Å². The molecule has 1 aromatic carbocycles. The highest BCUT2D eigenvalue weighted by atomic mass is 31.2. The Balaban J connectivity index is 0.000000271. The molecule has 4 aromatic heterocycles. The van der Waals surface area contributed by atoms with Crippen molar-refractivity contribution in [2.75, 3.05) is 37.1 Å². The van der Waals surface area contributed by atoms with Gasteiger partial charge in [0.05, 0.1) is 80.4 Å². The second-order valence-electron chi connectivity index (χ2n) is 29.5. The van der Waals surface area contributed by atoms with Gasteiger partial charge in [-0.1, -0.05) is 26.7 Å². The number of aromatic nitrogens is 8. The van der Waals surface area contributed by atoms with E-state index in [1.54, 1.807) is 56.0 Å². The van der Waals surface area contributed by atoms with E-state index in [9.17, 15) is 39.8 Å². The van der Waals surface area contributed by atoms with Crippen LogP contribution in [0.1, 0.15) is 209 Å². The molecule has 0 spiro atoms. The van der Waals surface area contributed by atoms with Crippen LogP contribution < -0.4 is 32.3 Å². The van der Waals surface area contributed by atoms with E-state index in [4.69, 9.17) is 64.6 Å². The Hall–Kier alpha value is -8.73. The Bertz CT molecular complexity index is 4470. The van der Waals surface area contributed by atoms with Gasteiger partial charge >= 0.3 is 11.4 Å². The van der Waals surface area contributed by atoms with Crippen LogP contribution in [0, 0.1) is 120 Å². The number of H-pyrrole nitrogens is 1. The molecule has 31 heteroatoms. The molecule has 0 aliphatic carbocycles. The third-order valence-corrected chi connectivity index (χ3v) is 27.8. The highest BCUT2D eigenvalue weighted by Gasteiger charge is 2.48. The Morgan fingerprint density at radius 1 is 0.596 bits per heavy atom. The molecule has 0 radical (unpaired) electrons. The van der Waals surface area contributed by atoms with Crippen LogP contribution in [0.25, 0.3) is 11.2 Å². The van der Waals surface area contributed by atoms with Crippen LogP contribution in [0.3, 0.4) is 0 Å².